The molecule has 3 rings (SSSR count). The monoisotopic (exact) mass is 295 g/mol. The number of nitrogens with zero attached hydrogens (tertiary/aromatic N) is 3. The fraction of sp³-hybridized carbons (Fsp3) is 0.176. The number of halogens is 1. The third-order valence-corrected chi connectivity index (χ3v) is 4.03. The Morgan fingerprint density at radius 2 is 2.10 bits per heavy atom. The summed E-state index contributed by atoms with van der Waals surface area (Å²) in [6.45, 7) is 3.86. The van der Waals surface area contributed by atoms with Gasteiger partial charge in [0.1, 0.15) is 5.65 Å². The van der Waals surface area contributed by atoms with Crippen LogP contribution in [0.25, 0.3) is 16.9 Å². The molecule has 0 saturated carbocycles. The van der Waals surface area contributed by atoms with Crippen molar-refractivity contribution in [2.45, 2.75) is 19.8 Å². The summed E-state index contributed by atoms with van der Waals surface area (Å²) in [5, 5.41) is 10.1. The van der Waals surface area contributed by atoms with Crippen LogP contribution in [0, 0.1) is 18.3 Å². The van der Waals surface area contributed by atoms with E-state index in [0.717, 1.165) is 33.2 Å². The largest absolute Gasteiger partial charge is 0.302 e. The smallest absolute Gasteiger partial charge is 0.137 e. The van der Waals surface area contributed by atoms with E-state index >= 15 is 0 Å². The quantitative estimate of drug-likeness (QED) is 0.694. The first-order valence-corrected chi connectivity index (χ1v) is 7.12. The highest BCUT2D eigenvalue weighted by atomic mass is 35.5. The van der Waals surface area contributed by atoms with Gasteiger partial charge in [-0.2, -0.15) is 5.26 Å². The summed E-state index contributed by atoms with van der Waals surface area (Å²) in [6.07, 6.45) is 1.94. The predicted octanol–water partition coefficient (Wildman–Crippen LogP) is 4.59. The fourth-order valence-corrected chi connectivity index (χ4v) is 2.61. The minimum absolute atomic E-state index is 0.242. The van der Waals surface area contributed by atoms with E-state index in [4.69, 9.17) is 16.6 Å². The Labute approximate surface area is 128 Å². The first-order valence-electron chi connectivity index (χ1n) is 6.75. The lowest BCUT2D eigenvalue weighted by molar-refractivity contribution is 0.900. The van der Waals surface area contributed by atoms with Crippen molar-refractivity contribution in [1.82, 2.24) is 9.38 Å². The number of hydrogen-bond acceptors (Lipinski definition) is 2. The van der Waals surface area contributed by atoms with Crippen molar-refractivity contribution in [3.63, 3.8) is 0 Å². The third-order valence-electron chi connectivity index (χ3n) is 3.60. The van der Waals surface area contributed by atoms with Gasteiger partial charge in [-0.05, 0) is 43.7 Å². The van der Waals surface area contributed by atoms with E-state index in [1.54, 1.807) is 0 Å². The van der Waals surface area contributed by atoms with Gasteiger partial charge in [0.2, 0.25) is 0 Å². The third kappa shape index (κ3) is 2.28. The molecule has 0 fully saturated rings. The van der Waals surface area contributed by atoms with Crippen LogP contribution in [0.15, 0.2) is 42.6 Å². The Hall–Kier alpha value is -2.31. The lowest BCUT2D eigenvalue weighted by atomic mass is 10.0. The molecule has 0 bridgehead atoms. The number of aryl methyl sites for hydroxylation is 1. The highest BCUT2D eigenvalue weighted by Gasteiger charge is 2.19. The highest BCUT2D eigenvalue weighted by molar-refractivity contribution is 6.31. The second kappa shape index (κ2) is 5.23. The van der Waals surface area contributed by atoms with Gasteiger partial charge in [0, 0.05) is 16.8 Å². The maximum absolute atomic E-state index is 9.32. The van der Waals surface area contributed by atoms with E-state index in [1.165, 1.54) is 0 Å². The van der Waals surface area contributed by atoms with Crippen molar-refractivity contribution in [1.29, 1.82) is 5.26 Å². The van der Waals surface area contributed by atoms with E-state index in [0.29, 0.717) is 0 Å². The van der Waals surface area contributed by atoms with E-state index in [2.05, 4.69) is 6.07 Å². The van der Waals surface area contributed by atoms with Gasteiger partial charge in [-0.25, -0.2) is 4.98 Å². The molecule has 4 heteroatoms. The van der Waals surface area contributed by atoms with Crippen LogP contribution < -0.4 is 0 Å². The fourth-order valence-electron chi connectivity index (χ4n) is 2.49. The Balaban J connectivity index is 2.31. The number of nitriles is 1. The van der Waals surface area contributed by atoms with Gasteiger partial charge in [0.15, 0.2) is 0 Å². The van der Waals surface area contributed by atoms with Crippen LogP contribution in [0.1, 0.15) is 24.1 Å². The molecule has 0 aliphatic heterocycles. The second-order valence-corrected chi connectivity index (χ2v) is 5.50. The second-order valence-electron chi connectivity index (χ2n) is 5.09. The van der Waals surface area contributed by atoms with Gasteiger partial charge in [0.25, 0.3) is 0 Å². The summed E-state index contributed by atoms with van der Waals surface area (Å²) >= 11 is 6.10. The van der Waals surface area contributed by atoms with Gasteiger partial charge in [-0.3, -0.25) is 0 Å². The zero-order valence-electron chi connectivity index (χ0n) is 11.8. The molecule has 0 saturated heterocycles. The zero-order chi connectivity index (χ0) is 15.0. The number of pyridine rings is 1. The molecule has 2 heterocycles. The molecule has 0 aliphatic carbocycles. The van der Waals surface area contributed by atoms with Crippen LogP contribution in [-0.2, 0) is 0 Å². The summed E-state index contributed by atoms with van der Waals surface area (Å²) in [4.78, 5) is 4.69. The van der Waals surface area contributed by atoms with Crippen molar-refractivity contribution in [3.05, 3.63) is 58.9 Å². The van der Waals surface area contributed by atoms with Gasteiger partial charge in [-0.1, -0.05) is 23.7 Å². The zero-order valence-corrected chi connectivity index (χ0v) is 12.6. The predicted molar refractivity (Wildman–Crippen MR) is 84.4 cm³/mol. The molecular weight excluding hydrogens is 282 g/mol. The van der Waals surface area contributed by atoms with Crippen LogP contribution in [0.4, 0.5) is 0 Å². The molecule has 21 heavy (non-hydrogen) atoms. The Bertz CT molecular complexity index is 858. The van der Waals surface area contributed by atoms with Gasteiger partial charge in [0.05, 0.1) is 23.4 Å². The minimum atomic E-state index is -0.242. The van der Waals surface area contributed by atoms with Gasteiger partial charge in [-0.15, -0.1) is 0 Å². The maximum atomic E-state index is 9.32. The number of rotatable bonds is 2. The summed E-state index contributed by atoms with van der Waals surface area (Å²) in [6, 6.07) is 14.0. The Morgan fingerprint density at radius 3 is 2.81 bits per heavy atom. The molecular formula is C17H14ClN3. The first kappa shape index (κ1) is 13.7. The summed E-state index contributed by atoms with van der Waals surface area (Å²) in [5.74, 6) is -0.242. The molecule has 2 aromatic heterocycles. The molecule has 3 nitrogen and oxygen atoms in total. The number of fused-ring (bicyclic) bond motifs is 1. The molecule has 3 aromatic rings. The maximum Gasteiger partial charge on any atom is 0.137 e. The van der Waals surface area contributed by atoms with E-state index in [1.807, 2.05) is 60.8 Å². The van der Waals surface area contributed by atoms with E-state index < -0.39 is 0 Å². The first-order chi connectivity index (χ1) is 10.1. The standard InChI is InChI=1S/C17H14ClN3/c1-11-9-13(6-7-14(11)18)16-17(12(2)10-19)21-8-4-3-5-15(21)20-16/h3-9,12H,1-2H3. The molecule has 0 aliphatic rings. The molecule has 0 N–H and O–H groups in total. The van der Waals surface area contributed by atoms with Gasteiger partial charge < -0.3 is 4.40 Å². The van der Waals surface area contributed by atoms with E-state index in [-0.39, 0.29) is 5.92 Å². The average molecular weight is 296 g/mol. The average Bonchev–Trinajstić information content (AvgIpc) is 2.88. The van der Waals surface area contributed by atoms with Crippen LogP contribution in [0.3, 0.4) is 0 Å². The lowest BCUT2D eigenvalue weighted by Crippen LogP contribution is -1.98. The topological polar surface area (TPSA) is 41.1 Å². The van der Waals surface area contributed by atoms with Crippen LogP contribution in [0.5, 0.6) is 0 Å². The van der Waals surface area contributed by atoms with Crippen molar-refractivity contribution in [3.8, 4) is 17.3 Å². The SMILES string of the molecule is Cc1cc(-c2nc3ccccn3c2C(C)C#N)ccc1Cl. The number of aromatic nitrogens is 2. The highest BCUT2D eigenvalue weighted by Crippen LogP contribution is 2.31. The molecule has 1 unspecified atom stereocenters. The van der Waals surface area contributed by atoms with Crippen LogP contribution in [-0.4, -0.2) is 9.38 Å². The molecule has 1 aromatic carbocycles. The summed E-state index contributed by atoms with van der Waals surface area (Å²) in [7, 11) is 0. The van der Waals surface area contributed by atoms with Crippen LogP contribution in [0.2, 0.25) is 5.02 Å². The summed E-state index contributed by atoms with van der Waals surface area (Å²) in [5.41, 5.74) is 4.58. The van der Waals surface area contributed by atoms with E-state index in [9.17, 15) is 5.26 Å². The molecule has 1 atom stereocenters. The Kier molecular flexibility index (Phi) is 3.40. The Morgan fingerprint density at radius 1 is 1.29 bits per heavy atom. The van der Waals surface area contributed by atoms with Crippen molar-refractivity contribution < 1.29 is 0 Å². The van der Waals surface area contributed by atoms with Gasteiger partial charge >= 0.3 is 0 Å². The van der Waals surface area contributed by atoms with Crippen molar-refractivity contribution in [2.24, 2.45) is 0 Å². The number of hydrogen-bond donors (Lipinski definition) is 0. The number of imidazole rings is 1. The van der Waals surface area contributed by atoms with Crippen LogP contribution >= 0.6 is 11.6 Å². The lowest BCUT2D eigenvalue weighted by Gasteiger charge is -2.08. The normalized spacial score (nSPS) is 12.3. The molecule has 0 amide bonds. The van der Waals surface area contributed by atoms with Crippen molar-refractivity contribution >= 4 is 17.2 Å². The molecule has 104 valence electrons. The molecule has 0 radical (unpaired) electrons. The molecule has 0 spiro atoms. The number of benzene rings is 1. The summed E-state index contributed by atoms with van der Waals surface area (Å²) < 4.78 is 1.98. The minimum Gasteiger partial charge on any atom is -0.302 e. The van der Waals surface area contributed by atoms with Crippen molar-refractivity contribution in [2.75, 3.05) is 0 Å².